The molecular weight excluding hydrogens is 208 g/mol. The SMILES string of the molecule is CCOCCOC(C)C(=O)NCCC(C)N. The van der Waals surface area contributed by atoms with Gasteiger partial charge in [0.2, 0.25) is 5.91 Å². The van der Waals surface area contributed by atoms with Crippen LogP contribution in [-0.2, 0) is 14.3 Å². The Hall–Kier alpha value is -0.650. The van der Waals surface area contributed by atoms with Gasteiger partial charge < -0.3 is 20.5 Å². The van der Waals surface area contributed by atoms with Gasteiger partial charge in [0.15, 0.2) is 0 Å². The number of nitrogens with two attached hydrogens (primary N) is 1. The minimum Gasteiger partial charge on any atom is -0.379 e. The molecule has 0 bridgehead atoms. The molecule has 16 heavy (non-hydrogen) atoms. The van der Waals surface area contributed by atoms with E-state index < -0.39 is 6.10 Å². The van der Waals surface area contributed by atoms with E-state index in [0.717, 1.165) is 6.42 Å². The number of rotatable bonds is 9. The van der Waals surface area contributed by atoms with Crippen LogP contribution in [0.15, 0.2) is 0 Å². The highest BCUT2D eigenvalue weighted by molar-refractivity contribution is 5.80. The van der Waals surface area contributed by atoms with Crippen molar-refractivity contribution >= 4 is 5.91 Å². The molecule has 5 nitrogen and oxygen atoms in total. The van der Waals surface area contributed by atoms with Crippen molar-refractivity contribution in [2.24, 2.45) is 5.73 Å². The Bertz CT molecular complexity index is 186. The van der Waals surface area contributed by atoms with Gasteiger partial charge in [-0.15, -0.1) is 0 Å². The molecule has 0 spiro atoms. The van der Waals surface area contributed by atoms with Crippen LogP contribution in [0.4, 0.5) is 0 Å². The topological polar surface area (TPSA) is 73.6 Å². The van der Waals surface area contributed by atoms with Crippen LogP contribution in [0.2, 0.25) is 0 Å². The molecule has 1 amide bonds. The van der Waals surface area contributed by atoms with Crippen LogP contribution in [0.3, 0.4) is 0 Å². The van der Waals surface area contributed by atoms with E-state index in [1.54, 1.807) is 6.92 Å². The molecule has 0 aliphatic carbocycles. The van der Waals surface area contributed by atoms with Crippen LogP contribution in [0.25, 0.3) is 0 Å². The minimum absolute atomic E-state index is 0.0999. The van der Waals surface area contributed by atoms with Crippen molar-refractivity contribution in [2.45, 2.75) is 39.3 Å². The Labute approximate surface area is 97.7 Å². The second-order valence-electron chi connectivity index (χ2n) is 3.77. The Morgan fingerprint density at radius 3 is 2.62 bits per heavy atom. The van der Waals surface area contributed by atoms with E-state index in [2.05, 4.69) is 5.32 Å². The van der Waals surface area contributed by atoms with Crippen LogP contribution in [0.5, 0.6) is 0 Å². The summed E-state index contributed by atoms with van der Waals surface area (Å²) >= 11 is 0. The number of carbonyl (C=O) groups excluding carboxylic acids is 1. The maximum atomic E-state index is 11.5. The fraction of sp³-hybridized carbons (Fsp3) is 0.909. The predicted octanol–water partition coefficient (Wildman–Crippen LogP) is 0.282. The molecule has 0 aliphatic rings. The molecule has 0 radical (unpaired) electrons. The number of nitrogens with one attached hydrogen (secondary N) is 1. The zero-order valence-electron chi connectivity index (χ0n) is 10.5. The molecule has 0 rings (SSSR count). The van der Waals surface area contributed by atoms with E-state index in [0.29, 0.717) is 26.4 Å². The lowest BCUT2D eigenvalue weighted by molar-refractivity contribution is -0.132. The molecule has 5 heteroatoms. The van der Waals surface area contributed by atoms with Crippen LogP contribution in [0, 0.1) is 0 Å². The molecule has 0 aliphatic heterocycles. The standard InChI is InChI=1S/C11H24N2O3/c1-4-15-7-8-16-10(3)11(14)13-6-5-9(2)12/h9-10H,4-8,12H2,1-3H3,(H,13,14). The highest BCUT2D eigenvalue weighted by Gasteiger charge is 2.12. The van der Waals surface area contributed by atoms with Crippen molar-refractivity contribution in [1.82, 2.24) is 5.32 Å². The number of amides is 1. The molecule has 0 aromatic carbocycles. The first-order valence-electron chi connectivity index (χ1n) is 5.80. The van der Waals surface area contributed by atoms with Gasteiger partial charge in [0.05, 0.1) is 13.2 Å². The summed E-state index contributed by atoms with van der Waals surface area (Å²) in [6, 6.07) is 0.106. The number of carbonyl (C=O) groups is 1. The highest BCUT2D eigenvalue weighted by atomic mass is 16.5. The molecule has 2 unspecified atom stereocenters. The van der Waals surface area contributed by atoms with E-state index in [1.807, 2.05) is 13.8 Å². The van der Waals surface area contributed by atoms with Gasteiger partial charge in [0.1, 0.15) is 6.10 Å². The molecular formula is C11H24N2O3. The third kappa shape index (κ3) is 8.64. The average Bonchev–Trinajstić information content (AvgIpc) is 2.23. The van der Waals surface area contributed by atoms with Gasteiger partial charge in [-0.05, 0) is 27.2 Å². The normalized spacial score (nSPS) is 14.5. The summed E-state index contributed by atoms with van der Waals surface area (Å²) in [5.74, 6) is -0.0999. The maximum absolute atomic E-state index is 11.5. The van der Waals surface area contributed by atoms with Gasteiger partial charge in [-0.25, -0.2) is 0 Å². The molecule has 0 aromatic heterocycles. The lowest BCUT2D eigenvalue weighted by atomic mass is 10.2. The van der Waals surface area contributed by atoms with E-state index in [9.17, 15) is 4.79 Å². The van der Waals surface area contributed by atoms with Crippen LogP contribution < -0.4 is 11.1 Å². The van der Waals surface area contributed by atoms with E-state index in [4.69, 9.17) is 15.2 Å². The summed E-state index contributed by atoms with van der Waals surface area (Å²) in [5, 5.41) is 2.77. The van der Waals surface area contributed by atoms with Gasteiger partial charge in [-0.1, -0.05) is 0 Å². The Balaban J connectivity index is 3.49. The number of ether oxygens (including phenoxy) is 2. The molecule has 96 valence electrons. The van der Waals surface area contributed by atoms with Gasteiger partial charge >= 0.3 is 0 Å². The predicted molar refractivity (Wildman–Crippen MR) is 63.2 cm³/mol. The van der Waals surface area contributed by atoms with Crippen molar-refractivity contribution in [3.63, 3.8) is 0 Å². The third-order valence-corrected chi connectivity index (χ3v) is 2.07. The largest absolute Gasteiger partial charge is 0.379 e. The molecule has 0 saturated carbocycles. The van der Waals surface area contributed by atoms with E-state index in [-0.39, 0.29) is 11.9 Å². The second kappa shape index (κ2) is 9.57. The van der Waals surface area contributed by atoms with Gasteiger partial charge in [-0.2, -0.15) is 0 Å². The van der Waals surface area contributed by atoms with Crippen molar-refractivity contribution in [1.29, 1.82) is 0 Å². The Morgan fingerprint density at radius 2 is 2.06 bits per heavy atom. The van der Waals surface area contributed by atoms with Crippen LogP contribution >= 0.6 is 0 Å². The second-order valence-corrected chi connectivity index (χ2v) is 3.77. The first-order valence-corrected chi connectivity index (χ1v) is 5.80. The fourth-order valence-electron chi connectivity index (χ4n) is 1.07. The van der Waals surface area contributed by atoms with Gasteiger partial charge in [-0.3, -0.25) is 4.79 Å². The lowest BCUT2D eigenvalue weighted by Gasteiger charge is -2.13. The summed E-state index contributed by atoms with van der Waals surface area (Å²) in [6.07, 6.45) is 0.339. The third-order valence-electron chi connectivity index (χ3n) is 2.07. The zero-order chi connectivity index (χ0) is 12.4. The van der Waals surface area contributed by atoms with Crippen molar-refractivity contribution < 1.29 is 14.3 Å². The Morgan fingerprint density at radius 1 is 1.38 bits per heavy atom. The molecule has 2 atom stereocenters. The number of hydrogen-bond acceptors (Lipinski definition) is 4. The average molecular weight is 232 g/mol. The molecule has 3 N–H and O–H groups in total. The molecule has 0 heterocycles. The van der Waals surface area contributed by atoms with Crippen molar-refractivity contribution in [2.75, 3.05) is 26.4 Å². The first-order chi connectivity index (χ1) is 7.57. The lowest BCUT2D eigenvalue weighted by Crippen LogP contribution is -2.37. The van der Waals surface area contributed by atoms with Crippen molar-refractivity contribution in [3.8, 4) is 0 Å². The zero-order valence-corrected chi connectivity index (χ0v) is 10.5. The van der Waals surface area contributed by atoms with Gasteiger partial charge in [0, 0.05) is 19.2 Å². The fourth-order valence-corrected chi connectivity index (χ4v) is 1.07. The monoisotopic (exact) mass is 232 g/mol. The summed E-state index contributed by atoms with van der Waals surface area (Å²) < 4.78 is 10.4. The molecule has 0 saturated heterocycles. The maximum Gasteiger partial charge on any atom is 0.248 e. The summed E-state index contributed by atoms with van der Waals surface area (Å²) in [5.41, 5.74) is 5.57. The summed E-state index contributed by atoms with van der Waals surface area (Å²) in [4.78, 5) is 11.5. The smallest absolute Gasteiger partial charge is 0.248 e. The summed E-state index contributed by atoms with van der Waals surface area (Å²) in [7, 11) is 0. The van der Waals surface area contributed by atoms with Crippen LogP contribution in [-0.4, -0.2) is 44.4 Å². The minimum atomic E-state index is -0.437. The first kappa shape index (κ1) is 15.3. The van der Waals surface area contributed by atoms with Gasteiger partial charge in [0.25, 0.3) is 0 Å². The van der Waals surface area contributed by atoms with Crippen molar-refractivity contribution in [3.05, 3.63) is 0 Å². The molecule has 0 aromatic rings. The van der Waals surface area contributed by atoms with E-state index in [1.165, 1.54) is 0 Å². The molecule has 0 fully saturated rings. The Kier molecular flexibility index (Phi) is 9.18. The van der Waals surface area contributed by atoms with Crippen LogP contribution in [0.1, 0.15) is 27.2 Å². The summed E-state index contributed by atoms with van der Waals surface area (Å²) in [6.45, 7) is 7.78. The van der Waals surface area contributed by atoms with E-state index >= 15 is 0 Å². The quantitative estimate of drug-likeness (QED) is 0.560. The number of hydrogen-bond donors (Lipinski definition) is 2. The highest BCUT2D eigenvalue weighted by Crippen LogP contribution is 1.92.